The molecule has 2 atom stereocenters. The van der Waals surface area contributed by atoms with Crippen molar-refractivity contribution in [1.82, 2.24) is 14.8 Å². The smallest absolute Gasteiger partial charge is 0.144 e. The monoisotopic (exact) mass is 367 g/mol. The lowest BCUT2D eigenvalue weighted by Gasteiger charge is -2.19. The molecule has 5 heteroatoms. The summed E-state index contributed by atoms with van der Waals surface area (Å²) in [5.74, 6) is 0. The van der Waals surface area contributed by atoms with Crippen LogP contribution in [0, 0.1) is 0 Å². The highest BCUT2D eigenvalue weighted by Gasteiger charge is 2.59. The second kappa shape index (κ2) is 6.22. The Labute approximate surface area is 158 Å². The van der Waals surface area contributed by atoms with Crippen LogP contribution in [0.15, 0.2) is 61.2 Å². The molecular weight excluding hydrogens is 346 g/mol. The third-order valence-electron chi connectivity index (χ3n) is 4.97. The maximum absolute atomic E-state index is 6.28. The fourth-order valence-electron chi connectivity index (χ4n) is 3.39. The van der Waals surface area contributed by atoms with Crippen molar-refractivity contribution >= 4 is 11.6 Å². The fraction of sp³-hybridized carbons (Fsp3) is 0.333. The van der Waals surface area contributed by atoms with Crippen LogP contribution in [0.2, 0.25) is 5.02 Å². The maximum Gasteiger partial charge on any atom is 0.144 e. The molecule has 0 unspecified atom stereocenters. The Bertz CT molecular complexity index is 883. The molecule has 0 spiro atoms. The number of rotatable bonds is 4. The van der Waals surface area contributed by atoms with Gasteiger partial charge in [0.15, 0.2) is 0 Å². The molecule has 1 aliphatic rings. The van der Waals surface area contributed by atoms with Crippen LogP contribution in [0.3, 0.4) is 0 Å². The van der Waals surface area contributed by atoms with Crippen LogP contribution in [-0.4, -0.2) is 14.8 Å². The normalized spacial score (nSPS) is 22.4. The topological polar surface area (TPSA) is 43.2 Å². The van der Waals surface area contributed by atoms with Crippen LogP contribution in [-0.2, 0) is 22.3 Å². The molecule has 0 N–H and O–H groups in total. The lowest BCUT2D eigenvalue weighted by atomic mass is 9.85. The average Bonchev–Trinajstić information content (AvgIpc) is 3.09. The molecule has 1 aromatic heterocycles. The standard InChI is InChI=1S/C21H22ClN3O/c1-20(2,3)16-6-4-15(5-7-16)19-21(26-19,12-25-14-23-13-24-25)17-8-10-18(22)11-9-17/h4-11,13-14,19H,12H2,1-3H3/t19-,21+/m0/s1. The SMILES string of the molecule is CC(C)(C)c1ccc([C@@H]2O[C@]2(Cn2cncn2)c2ccc(Cl)cc2)cc1. The highest BCUT2D eigenvalue weighted by molar-refractivity contribution is 6.30. The number of nitrogens with zero attached hydrogens (tertiary/aromatic N) is 3. The predicted molar refractivity (Wildman–Crippen MR) is 102 cm³/mol. The molecule has 4 rings (SSSR count). The van der Waals surface area contributed by atoms with E-state index in [-0.39, 0.29) is 11.5 Å². The van der Waals surface area contributed by atoms with E-state index >= 15 is 0 Å². The Balaban J connectivity index is 1.67. The van der Waals surface area contributed by atoms with Gasteiger partial charge in [0.2, 0.25) is 0 Å². The molecule has 0 amide bonds. The van der Waals surface area contributed by atoms with Crippen LogP contribution in [0.25, 0.3) is 0 Å². The number of hydrogen-bond acceptors (Lipinski definition) is 3. The van der Waals surface area contributed by atoms with Gasteiger partial charge in [-0.2, -0.15) is 5.10 Å². The number of benzene rings is 2. The summed E-state index contributed by atoms with van der Waals surface area (Å²) >= 11 is 6.07. The van der Waals surface area contributed by atoms with Crippen molar-refractivity contribution in [1.29, 1.82) is 0 Å². The predicted octanol–water partition coefficient (Wildman–Crippen LogP) is 4.90. The van der Waals surface area contributed by atoms with Gasteiger partial charge in [0.25, 0.3) is 0 Å². The summed E-state index contributed by atoms with van der Waals surface area (Å²) in [5, 5.41) is 4.98. The second-order valence-corrected chi connectivity index (χ2v) is 8.30. The van der Waals surface area contributed by atoms with Gasteiger partial charge in [-0.1, -0.05) is 68.8 Å². The first-order chi connectivity index (χ1) is 12.4. The van der Waals surface area contributed by atoms with E-state index in [1.54, 1.807) is 12.7 Å². The van der Waals surface area contributed by atoms with Gasteiger partial charge in [0.05, 0.1) is 6.54 Å². The Morgan fingerprint density at radius 3 is 2.35 bits per heavy atom. The molecule has 26 heavy (non-hydrogen) atoms. The van der Waals surface area contributed by atoms with Crippen LogP contribution >= 0.6 is 11.6 Å². The molecule has 0 saturated carbocycles. The van der Waals surface area contributed by atoms with Crippen molar-refractivity contribution < 1.29 is 4.74 Å². The van der Waals surface area contributed by atoms with Crippen LogP contribution in [0.4, 0.5) is 0 Å². The number of hydrogen-bond donors (Lipinski definition) is 0. The second-order valence-electron chi connectivity index (χ2n) is 7.86. The number of ether oxygens (including phenoxy) is 1. The van der Waals surface area contributed by atoms with E-state index in [1.165, 1.54) is 11.1 Å². The first-order valence-electron chi connectivity index (χ1n) is 8.75. The van der Waals surface area contributed by atoms with Gasteiger partial charge in [0.1, 0.15) is 24.4 Å². The largest absolute Gasteiger partial charge is 0.354 e. The molecule has 3 aromatic rings. The van der Waals surface area contributed by atoms with Gasteiger partial charge >= 0.3 is 0 Å². The van der Waals surface area contributed by atoms with Crippen LogP contribution in [0.1, 0.15) is 43.6 Å². The summed E-state index contributed by atoms with van der Waals surface area (Å²) in [6.07, 6.45) is 3.26. The van der Waals surface area contributed by atoms with Gasteiger partial charge in [0, 0.05) is 5.02 Å². The summed E-state index contributed by atoms with van der Waals surface area (Å²) in [7, 11) is 0. The molecular formula is C21H22ClN3O. The van der Waals surface area contributed by atoms with E-state index in [1.807, 2.05) is 28.9 Å². The van der Waals surface area contributed by atoms with E-state index in [4.69, 9.17) is 16.3 Å². The molecule has 2 heterocycles. The van der Waals surface area contributed by atoms with Gasteiger partial charge in [-0.05, 0) is 34.2 Å². The lowest BCUT2D eigenvalue weighted by Crippen LogP contribution is -2.19. The summed E-state index contributed by atoms with van der Waals surface area (Å²) in [4.78, 5) is 4.05. The Morgan fingerprint density at radius 1 is 1.08 bits per heavy atom. The first kappa shape index (κ1) is 17.3. The average molecular weight is 368 g/mol. The highest BCUT2D eigenvalue weighted by atomic mass is 35.5. The zero-order valence-corrected chi connectivity index (χ0v) is 15.9. The molecule has 1 fully saturated rings. The molecule has 0 bridgehead atoms. The van der Waals surface area contributed by atoms with Gasteiger partial charge < -0.3 is 4.74 Å². The number of aromatic nitrogens is 3. The summed E-state index contributed by atoms with van der Waals surface area (Å²) in [5.41, 5.74) is 3.28. The first-order valence-corrected chi connectivity index (χ1v) is 9.13. The summed E-state index contributed by atoms with van der Waals surface area (Å²) in [6, 6.07) is 16.6. The van der Waals surface area contributed by atoms with Crippen LogP contribution in [0.5, 0.6) is 0 Å². The van der Waals surface area contributed by atoms with Gasteiger partial charge in [-0.25, -0.2) is 9.67 Å². The Hall–Kier alpha value is -2.17. The molecule has 0 radical (unpaired) electrons. The van der Waals surface area contributed by atoms with Crippen molar-refractivity contribution in [2.24, 2.45) is 0 Å². The fourth-order valence-corrected chi connectivity index (χ4v) is 3.52. The third-order valence-corrected chi connectivity index (χ3v) is 5.22. The quantitative estimate of drug-likeness (QED) is 0.616. The van der Waals surface area contributed by atoms with E-state index < -0.39 is 5.60 Å². The van der Waals surface area contributed by atoms with E-state index in [0.29, 0.717) is 6.54 Å². The Kier molecular flexibility index (Phi) is 4.13. The molecule has 134 valence electrons. The minimum Gasteiger partial charge on any atom is -0.354 e. The summed E-state index contributed by atoms with van der Waals surface area (Å²) < 4.78 is 8.10. The highest BCUT2D eigenvalue weighted by Crippen LogP contribution is 2.58. The Morgan fingerprint density at radius 2 is 1.77 bits per heavy atom. The molecule has 1 saturated heterocycles. The summed E-state index contributed by atoms with van der Waals surface area (Å²) in [6.45, 7) is 7.27. The van der Waals surface area contributed by atoms with Crippen molar-refractivity contribution in [2.75, 3.05) is 0 Å². The van der Waals surface area contributed by atoms with Crippen molar-refractivity contribution in [2.45, 2.75) is 44.4 Å². The van der Waals surface area contributed by atoms with Crippen molar-refractivity contribution in [3.63, 3.8) is 0 Å². The number of epoxide rings is 1. The minimum absolute atomic E-state index is 0.0121. The third kappa shape index (κ3) is 3.15. The van der Waals surface area contributed by atoms with E-state index in [0.717, 1.165) is 10.6 Å². The van der Waals surface area contributed by atoms with Crippen molar-refractivity contribution in [3.8, 4) is 0 Å². The molecule has 2 aromatic carbocycles. The van der Waals surface area contributed by atoms with Crippen LogP contribution < -0.4 is 0 Å². The van der Waals surface area contributed by atoms with Gasteiger partial charge in [-0.3, -0.25) is 0 Å². The van der Waals surface area contributed by atoms with Crippen molar-refractivity contribution in [3.05, 3.63) is 82.9 Å². The molecule has 0 aliphatic carbocycles. The lowest BCUT2D eigenvalue weighted by molar-refractivity contribution is 0.262. The zero-order valence-electron chi connectivity index (χ0n) is 15.2. The number of halogens is 1. The van der Waals surface area contributed by atoms with E-state index in [9.17, 15) is 0 Å². The van der Waals surface area contributed by atoms with Gasteiger partial charge in [-0.15, -0.1) is 0 Å². The zero-order chi connectivity index (χ0) is 18.4. The molecule has 1 aliphatic heterocycles. The maximum atomic E-state index is 6.28. The van der Waals surface area contributed by atoms with E-state index in [2.05, 4.69) is 55.1 Å². The molecule has 4 nitrogen and oxygen atoms in total. The minimum atomic E-state index is -0.443.